The molecule has 1 fully saturated rings. The molecule has 1 aliphatic rings. The second-order valence-electron chi connectivity index (χ2n) is 7.71. The van der Waals surface area contributed by atoms with Crippen LogP contribution in [0.3, 0.4) is 0 Å². The predicted octanol–water partition coefficient (Wildman–Crippen LogP) is 3.50. The maximum absolute atomic E-state index is 12.6. The predicted molar refractivity (Wildman–Crippen MR) is 94.5 cm³/mol. The molecule has 2 rings (SSSR count). The van der Waals surface area contributed by atoms with Gasteiger partial charge in [0.2, 0.25) is 0 Å². The van der Waals surface area contributed by atoms with E-state index in [9.17, 15) is 9.59 Å². The molecule has 1 aromatic rings. The summed E-state index contributed by atoms with van der Waals surface area (Å²) in [5, 5.41) is 0. The zero-order chi connectivity index (χ0) is 18.7. The molecule has 0 saturated carbocycles. The first kappa shape index (κ1) is 19.6. The lowest BCUT2D eigenvalue weighted by Crippen LogP contribution is -2.33. The zero-order valence-corrected chi connectivity index (χ0v) is 15.8. The van der Waals surface area contributed by atoms with Gasteiger partial charge in [0.1, 0.15) is 0 Å². The van der Waals surface area contributed by atoms with Crippen LogP contribution < -0.4 is 0 Å². The van der Waals surface area contributed by atoms with E-state index in [1.54, 1.807) is 6.92 Å². The monoisotopic (exact) mass is 348 g/mol. The standard InChI is InChI=1S/C20H28O5/c1-19(2,3)16-8-6-14(7-9-16)17(21)12-15(18(22)23-5)13-20(4)24-10-11-25-20/h6-9,15H,10-13H2,1-5H3. The second kappa shape index (κ2) is 7.67. The van der Waals surface area contributed by atoms with Crippen LogP contribution in [0, 0.1) is 5.92 Å². The summed E-state index contributed by atoms with van der Waals surface area (Å²) in [5.74, 6) is -1.93. The van der Waals surface area contributed by atoms with Crippen LogP contribution in [0.4, 0.5) is 0 Å². The Kier molecular flexibility index (Phi) is 6.01. The number of carbonyl (C=O) groups excluding carboxylic acids is 2. The molecule has 0 N–H and O–H groups in total. The van der Waals surface area contributed by atoms with Crippen LogP contribution in [0.25, 0.3) is 0 Å². The van der Waals surface area contributed by atoms with Gasteiger partial charge < -0.3 is 14.2 Å². The molecule has 0 aromatic heterocycles. The summed E-state index contributed by atoms with van der Waals surface area (Å²) in [4.78, 5) is 24.7. The highest BCUT2D eigenvalue weighted by molar-refractivity contribution is 5.98. The van der Waals surface area contributed by atoms with Crippen molar-refractivity contribution >= 4 is 11.8 Å². The van der Waals surface area contributed by atoms with Crippen molar-refractivity contribution in [1.29, 1.82) is 0 Å². The quantitative estimate of drug-likeness (QED) is 0.582. The van der Waals surface area contributed by atoms with E-state index in [1.165, 1.54) is 7.11 Å². The number of carbonyl (C=O) groups is 2. The van der Waals surface area contributed by atoms with Crippen molar-refractivity contribution in [3.8, 4) is 0 Å². The number of ether oxygens (including phenoxy) is 3. The fourth-order valence-corrected chi connectivity index (χ4v) is 3.03. The lowest BCUT2D eigenvalue weighted by molar-refractivity contribution is -0.169. The highest BCUT2D eigenvalue weighted by Crippen LogP contribution is 2.30. The Hall–Kier alpha value is -1.72. The van der Waals surface area contributed by atoms with Crippen molar-refractivity contribution in [1.82, 2.24) is 0 Å². The number of Topliss-reactive ketones (excluding diaryl/α,β-unsaturated/α-hetero) is 1. The molecule has 0 spiro atoms. The minimum atomic E-state index is -0.838. The molecule has 5 heteroatoms. The molecule has 1 saturated heterocycles. The van der Waals surface area contributed by atoms with Gasteiger partial charge in [-0.05, 0) is 17.9 Å². The Morgan fingerprint density at radius 3 is 2.20 bits per heavy atom. The number of hydrogen-bond donors (Lipinski definition) is 0. The van der Waals surface area contributed by atoms with Gasteiger partial charge in [0.15, 0.2) is 11.6 Å². The van der Waals surface area contributed by atoms with Gasteiger partial charge in [0, 0.05) is 18.4 Å². The molecular weight excluding hydrogens is 320 g/mol. The van der Waals surface area contributed by atoms with Gasteiger partial charge in [-0.2, -0.15) is 0 Å². The summed E-state index contributed by atoms with van der Waals surface area (Å²) < 4.78 is 16.0. The SMILES string of the molecule is COC(=O)C(CC(=O)c1ccc(C(C)(C)C)cc1)CC1(C)OCCO1. The molecule has 1 unspecified atom stereocenters. The summed E-state index contributed by atoms with van der Waals surface area (Å²) in [6.45, 7) is 9.15. The maximum Gasteiger partial charge on any atom is 0.309 e. The molecule has 0 amide bonds. The molecule has 5 nitrogen and oxygen atoms in total. The Labute approximate surface area is 149 Å². The van der Waals surface area contributed by atoms with E-state index in [2.05, 4.69) is 20.8 Å². The smallest absolute Gasteiger partial charge is 0.309 e. The second-order valence-corrected chi connectivity index (χ2v) is 7.71. The van der Waals surface area contributed by atoms with Gasteiger partial charge in [-0.1, -0.05) is 45.0 Å². The van der Waals surface area contributed by atoms with Crippen molar-refractivity contribution in [2.45, 2.75) is 51.7 Å². The molecular formula is C20H28O5. The molecule has 1 aliphatic heterocycles. The van der Waals surface area contributed by atoms with Crippen molar-refractivity contribution in [3.05, 3.63) is 35.4 Å². The third kappa shape index (κ3) is 5.13. The third-order valence-electron chi connectivity index (χ3n) is 4.55. The molecule has 1 aromatic carbocycles. The summed E-state index contributed by atoms with van der Waals surface area (Å²) in [7, 11) is 1.33. The lowest BCUT2D eigenvalue weighted by atomic mass is 9.85. The third-order valence-corrected chi connectivity index (χ3v) is 4.55. The zero-order valence-electron chi connectivity index (χ0n) is 15.8. The first-order chi connectivity index (χ1) is 11.6. The van der Waals surface area contributed by atoms with Crippen molar-refractivity contribution in [2.24, 2.45) is 5.92 Å². The first-order valence-corrected chi connectivity index (χ1v) is 8.64. The fourth-order valence-electron chi connectivity index (χ4n) is 3.03. The van der Waals surface area contributed by atoms with Crippen LogP contribution in [0.2, 0.25) is 0 Å². The van der Waals surface area contributed by atoms with E-state index in [0.717, 1.165) is 5.56 Å². The summed E-state index contributed by atoms with van der Waals surface area (Å²) in [6, 6.07) is 7.57. The molecule has 0 radical (unpaired) electrons. The normalized spacial score (nSPS) is 18.0. The number of esters is 1. The highest BCUT2D eigenvalue weighted by Gasteiger charge is 2.37. The van der Waals surface area contributed by atoms with Gasteiger partial charge in [-0.15, -0.1) is 0 Å². The van der Waals surface area contributed by atoms with Crippen molar-refractivity contribution in [3.63, 3.8) is 0 Å². The Bertz CT molecular complexity index is 606. The lowest BCUT2D eigenvalue weighted by Gasteiger charge is -2.26. The average Bonchev–Trinajstić information content (AvgIpc) is 2.99. The van der Waals surface area contributed by atoms with Crippen LogP contribution in [0.5, 0.6) is 0 Å². The maximum atomic E-state index is 12.6. The van der Waals surface area contributed by atoms with Gasteiger partial charge in [0.05, 0.1) is 26.2 Å². The number of methoxy groups -OCH3 is 1. The van der Waals surface area contributed by atoms with Gasteiger partial charge in [-0.25, -0.2) is 0 Å². The fraction of sp³-hybridized carbons (Fsp3) is 0.600. The highest BCUT2D eigenvalue weighted by atomic mass is 16.7. The van der Waals surface area contributed by atoms with Crippen LogP contribution in [0.15, 0.2) is 24.3 Å². The van der Waals surface area contributed by atoms with Crippen molar-refractivity contribution in [2.75, 3.05) is 20.3 Å². The van der Waals surface area contributed by atoms with Crippen molar-refractivity contribution < 1.29 is 23.8 Å². The largest absolute Gasteiger partial charge is 0.469 e. The Balaban J connectivity index is 2.09. The van der Waals surface area contributed by atoms with E-state index in [-0.39, 0.29) is 17.6 Å². The Morgan fingerprint density at radius 1 is 1.16 bits per heavy atom. The first-order valence-electron chi connectivity index (χ1n) is 8.64. The van der Waals surface area contributed by atoms with E-state index < -0.39 is 17.7 Å². The molecule has 138 valence electrons. The van der Waals surface area contributed by atoms with Gasteiger partial charge in [-0.3, -0.25) is 9.59 Å². The molecule has 1 heterocycles. The Morgan fingerprint density at radius 2 is 1.72 bits per heavy atom. The minimum Gasteiger partial charge on any atom is -0.469 e. The van der Waals surface area contributed by atoms with E-state index in [1.807, 2.05) is 24.3 Å². The summed E-state index contributed by atoms with van der Waals surface area (Å²) >= 11 is 0. The van der Waals surface area contributed by atoms with Gasteiger partial charge in [0.25, 0.3) is 0 Å². The van der Waals surface area contributed by atoms with E-state index in [4.69, 9.17) is 14.2 Å². The number of rotatable bonds is 6. The topological polar surface area (TPSA) is 61.8 Å². The van der Waals surface area contributed by atoms with Gasteiger partial charge >= 0.3 is 5.97 Å². The average molecular weight is 348 g/mol. The summed E-state index contributed by atoms with van der Waals surface area (Å²) in [6.07, 6.45) is 0.370. The number of hydrogen-bond acceptors (Lipinski definition) is 5. The number of benzene rings is 1. The van der Waals surface area contributed by atoms with Crippen LogP contribution >= 0.6 is 0 Å². The number of ketones is 1. The molecule has 1 atom stereocenters. The van der Waals surface area contributed by atoms with Crippen LogP contribution in [-0.2, 0) is 24.4 Å². The molecule has 0 aliphatic carbocycles. The summed E-state index contributed by atoms with van der Waals surface area (Å²) in [5.41, 5.74) is 1.79. The molecule has 25 heavy (non-hydrogen) atoms. The van der Waals surface area contributed by atoms with Crippen LogP contribution in [-0.4, -0.2) is 37.9 Å². The van der Waals surface area contributed by atoms with E-state index in [0.29, 0.717) is 25.2 Å². The van der Waals surface area contributed by atoms with E-state index >= 15 is 0 Å². The minimum absolute atomic E-state index is 0.0296. The van der Waals surface area contributed by atoms with Crippen LogP contribution in [0.1, 0.15) is 56.5 Å². The molecule has 0 bridgehead atoms.